The van der Waals surface area contributed by atoms with Crippen LogP contribution in [0.1, 0.15) is 36.5 Å². The first-order chi connectivity index (χ1) is 15.7. The van der Waals surface area contributed by atoms with Crippen LogP contribution < -0.4 is 5.32 Å². The highest BCUT2D eigenvalue weighted by Crippen LogP contribution is 2.16. The van der Waals surface area contributed by atoms with Gasteiger partial charge in [-0.2, -0.15) is 0 Å². The molecule has 0 bridgehead atoms. The second-order valence-corrected chi connectivity index (χ2v) is 7.99. The molecule has 3 rings (SSSR count). The van der Waals surface area contributed by atoms with Crippen molar-refractivity contribution >= 4 is 11.8 Å². The van der Waals surface area contributed by atoms with E-state index >= 15 is 0 Å². The third-order valence-electron chi connectivity index (χ3n) is 5.49. The predicted octanol–water partition coefficient (Wildman–Crippen LogP) is 4.79. The van der Waals surface area contributed by atoms with Crippen molar-refractivity contribution in [2.24, 2.45) is 0 Å². The molecule has 1 atom stereocenters. The highest BCUT2D eigenvalue weighted by atomic mass is 16.2. The molecule has 4 heteroatoms. The zero-order valence-electron chi connectivity index (χ0n) is 18.7. The molecule has 0 aliphatic carbocycles. The van der Waals surface area contributed by atoms with Gasteiger partial charge in [-0.15, -0.1) is 0 Å². The summed E-state index contributed by atoms with van der Waals surface area (Å²) in [6.45, 7) is 2.95. The van der Waals surface area contributed by atoms with Crippen molar-refractivity contribution in [1.82, 2.24) is 10.2 Å². The van der Waals surface area contributed by atoms with E-state index in [1.807, 2.05) is 85.8 Å². The third kappa shape index (κ3) is 7.09. The van der Waals surface area contributed by atoms with Crippen molar-refractivity contribution in [3.8, 4) is 0 Å². The first kappa shape index (κ1) is 23.3. The number of amides is 2. The van der Waals surface area contributed by atoms with Gasteiger partial charge in [-0.3, -0.25) is 9.59 Å². The SMILES string of the molecule is CCCC(=O)N(Cc1ccccc1)[C@H](Cc1ccccc1)C(=O)NCCc1ccccc1. The molecule has 0 spiro atoms. The van der Waals surface area contributed by atoms with E-state index in [4.69, 9.17) is 0 Å². The molecule has 3 aromatic rings. The van der Waals surface area contributed by atoms with E-state index < -0.39 is 6.04 Å². The Morgan fingerprint density at radius 1 is 0.781 bits per heavy atom. The number of nitrogens with one attached hydrogen (secondary N) is 1. The molecule has 2 amide bonds. The summed E-state index contributed by atoms with van der Waals surface area (Å²) in [7, 11) is 0. The Labute approximate surface area is 191 Å². The van der Waals surface area contributed by atoms with Crippen LogP contribution in [0.5, 0.6) is 0 Å². The second kappa shape index (κ2) is 12.5. The lowest BCUT2D eigenvalue weighted by Gasteiger charge is -2.31. The fourth-order valence-corrected chi connectivity index (χ4v) is 3.78. The molecule has 0 saturated carbocycles. The Morgan fingerprint density at radius 3 is 1.88 bits per heavy atom. The number of benzene rings is 3. The molecule has 1 N–H and O–H groups in total. The van der Waals surface area contributed by atoms with Crippen LogP contribution in [0, 0.1) is 0 Å². The summed E-state index contributed by atoms with van der Waals surface area (Å²) in [6.07, 6.45) is 2.42. The van der Waals surface area contributed by atoms with Crippen LogP contribution in [-0.4, -0.2) is 29.3 Å². The predicted molar refractivity (Wildman–Crippen MR) is 129 cm³/mol. The van der Waals surface area contributed by atoms with Gasteiger partial charge in [0.1, 0.15) is 6.04 Å². The lowest BCUT2D eigenvalue weighted by Crippen LogP contribution is -2.50. The summed E-state index contributed by atoms with van der Waals surface area (Å²) < 4.78 is 0. The van der Waals surface area contributed by atoms with Gasteiger partial charge in [0.25, 0.3) is 0 Å². The minimum Gasteiger partial charge on any atom is -0.354 e. The smallest absolute Gasteiger partial charge is 0.243 e. The van der Waals surface area contributed by atoms with Gasteiger partial charge in [0, 0.05) is 25.9 Å². The standard InChI is InChI=1S/C28H32N2O2/c1-2-12-27(31)30(22-25-17-10-5-11-18-25)26(21-24-15-8-4-9-16-24)28(32)29-20-19-23-13-6-3-7-14-23/h3-11,13-18,26H,2,12,19-22H2,1H3,(H,29,32)/t26-/m1/s1. The molecular formula is C28H32N2O2. The molecule has 0 unspecified atom stereocenters. The first-order valence-corrected chi connectivity index (χ1v) is 11.4. The molecule has 3 aromatic carbocycles. The van der Waals surface area contributed by atoms with E-state index in [0.717, 1.165) is 24.0 Å². The van der Waals surface area contributed by atoms with E-state index in [-0.39, 0.29) is 11.8 Å². The van der Waals surface area contributed by atoms with Crippen LogP contribution >= 0.6 is 0 Å². The van der Waals surface area contributed by atoms with Gasteiger partial charge in [0.2, 0.25) is 11.8 Å². The van der Waals surface area contributed by atoms with Gasteiger partial charge in [-0.25, -0.2) is 0 Å². The maximum Gasteiger partial charge on any atom is 0.243 e. The van der Waals surface area contributed by atoms with E-state index in [0.29, 0.717) is 25.9 Å². The highest BCUT2D eigenvalue weighted by molar-refractivity contribution is 5.88. The minimum atomic E-state index is -0.563. The molecule has 0 aromatic heterocycles. The molecule has 0 radical (unpaired) electrons. The van der Waals surface area contributed by atoms with E-state index in [1.165, 1.54) is 5.56 Å². The first-order valence-electron chi connectivity index (χ1n) is 11.4. The third-order valence-corrected chi connectivity index (χ3v) is 5.49. The Morgan fingerprint density at radius 2 is 1.31 bits per heavy atom. The minimum absolute atomic E-state index is 0.00972. The van der Waals surface area contributed by atoms with Crippen LogP contribution in [-0.2, 0) is 29.0 Å². The topological polar surface area (TPSA) is 49.4 Å². The fourth-order valence-electron chi connectivity index (χ4n) is 3.78. The summed E-state index contributed by atoms with van der Waals surface area (Å²) in [6, 6.07) is 29.3. The van der Waals surface area contributed by atoms with Crippen LogP contribution in [0.15, 0.2) is 91.0 Å². The van der Waals surface area contributed by atoms with Crippen LogP contribution in [0.3, 0.4) is 0 Å². The summed E-state index contributed by atoms with van der Waals surface area (Å²) in [5.41, 5.74) is 3.24. The van der Waals surface area contributed by atoms with E-state index in [1.54, 1.807) is 4.90 Å². The molecule has 0 heterocycles. The largest absolute Gasteiger partial charge is 0.354 e. The molecule has 0 aliphatic heterocycles. The number of hydrogen-bond acceptors (Lipinski definition) is 2. The van der Waals surface area contributed by atoms with Gasteiger partial charge in [0.15, 0.2) is 0 Å². The average molecular weight is 429 g/mol. The Kier molecular flexibility index (Phi) is 9.05. The van der Waals surface area contributed by atoms with Crippen molar-refractivity contribution in [2.45, 2.75) is 45.2 Å². The van der Waals surface area contributed by atoms with Gasteiger partial charge in [-0.05, 0) is 29.5 Å². The van der Waals surface area contributed by atoms with Crippen molar-refractivity contribution < 1.29 is 9.59 Å². The number of carbonyl (C=O) groups excluding carboxylic acids is 2. The molecule has 166 valence electrons. The van der Waals surface area contributed by atoms with Crippen molar-refractivity contribution in [3.05, 3.63) is 108 Å². The van der Waals surface area contributed by atoms with Gasteiger partial charge in [0.05, 0.1) is 0 Å². The molecule has 0 aliphatic rings. The zero-order chi connectivity index (χ0) is 22.6. The average Bonchev–Trinajstić information content (AvgIpc) is 2.83. The summed E-state index contributed by atoms with van der Waals surface area (Å²) in [5.74, 6) is -0.0966. The van der Waals surface area contributed by atoms with E-state index in [9.17, 15) is 9.59 Å². The summed E-state index contributed by atoms with van der Waals surface area (Å²) >= 11 is 0. The van der Waals surface area contributed by atoms with Crippen molar-refractivity contribution in [2.75, 3.05) is 6.54 Å². The Hall–Kier alpha value is -3.40. The van der Waals surface area contributed by atoms with Crippen molar-refractivity contribution in [1.29, 1.82) is 0 Å². The van der Waals surface area contributed by atoms with Crippen LogP contribution in [0.2, 0.25) is 0 Å². The normalized spacial score (nSPS) is 11.5. The molecular weight excluding hydrogens is 396 g/mol. The Bertz CT molecular complexity index is 958. The lowest BCUT2D eigenvalue weighted by molar-refractivity contribution is -0.141. The Balaban J connectivity index is 1.80. The van der Waals surface area contributed by atoms with Gasteiger partial charge >= 0.3 is 0 Å². The zero-order valence-corrected chi connectivity index (χ0v) is 18.7. The maximum atomic E-state index is 13.4. The molecule has 0 fully saturated rings. The molecule has 0 saturated heterocycles. The number of rotatable bonds is 11. The molecule has 4 nitrogen and oxygen atoms in total. The van der Waals surface area contributed by atoms with Crippen LogP contribution in [0.25, 0.3) is 0 Å². The van der Waals surface area contributed by atoms with Crippen LogP contribution in [0.4, 0.5) is 0 Å². The lowest BCUT2D eigenvalue weighted by atomic mass is 10.0. The van der Waals surface area contributed by atoms with Gasteiger partial charge < -0.3 is 10.2 Å². The fraction of sp³-hybridized carbons (Fsp3) is 0.286. The second-order valence-electron chi connectivity index (χ2n) is 7.99. The van der Waals surface area contributed by atoms with Gasteiger partial charge in [-0.1, -0.05) is 97.9 Å². The maximum absolute atomic E-state index is 13.4. The number of hydrogen-bond donors (Lipinski definition) is 1. The van der Waals surface area contributed by atoms with Crippen molar-refractivity contribution in [3.63, 3.8) is 0 Å². The number of carbonyl (C=O) groups is 2. The summed E-state index contributed by atoms with van der Waals surface area (Å²) in [5, 5.41) is 3.08. The highest BCUT2D eigenvalue weighted by Gasteiger charge is 2.29. The molecule has 32 heavy (non-hydrogen) atoms. The summed E-state index contributed by atoms with van der Waals surface area (Å²) in [4.78, 5) is 28.3. The monoisotopic (exact) mass is 428 g/mol. The quantitative estimate of drug-likeness (QED) is 0.478. The van der Waals surface area contributed by atoms with E-state index in [2.05, 4.69) is 17.4 Å². The number of nitrogens with zero attached hydrogens (tertiary/aromatic N) is 1.